The van der Waals surface area contributed by atoms with E-state index < -0.39 is 0 Å². The third kappa shape index (κ3) is 9.15. The Kier molecular flexibility index (Phi) is 10.3. The molecule has 0 spiro atoms. The van der Waals surface area contributed by atoms with Crippen molar-refractivity contribution in [1.29, 1.82) is 0 Å². The minimum atomic E-state index is 1.15. The first kappa shape index (κ1) is 20.0. The summed E-state index contributed by atoms with van der Waals surface area (Å²) < 4.78 is 0. The zero-order valence-electron chi connectivity index (χ0n) is 15.8. The lowest BCUT2D eigenvalue weighted by molar-refractivity contribution is 0.996. The molecule has 2 rings (SSSR count). The second-order valence-corrected chi connectivity index (χ2v) is 6.19. The van der Waals surface area contributed by atoms with Gasteiger partial charge in [0, 0.05) is 0 Å². The Morgan fingerprint density at radius 2 is 1.25 bits per heavy atom. The van der Waals surface area contributed by atoms with Crippen molar-refractivity contribution in [2.24, 2.45) is 0 Å². The Balaban J connectivity index is 0.000000240. The van der Waals surface area contributed by atoms with E-state index in [1.165, 1.54) is 22.3 Å². The van der Waals surface area contributed by atoms with Crippen molar-refractivity contribution in [2.75, 3.05) is 0 Å². The minimum absolute atomic E-state index is 1.15. The summed E-state index contributed by atoms with van der Waals surface area (Å²) in [5.74, 6) is 0. The molecule has 128 valence electrons. The molecule has 0 aliphatic heterocycles. The summed E-state index contributed by atoms with van der Waals surface area (Å²) in [7, 11) is 0. The van der Waals surface area contributed by atoms with Crippen LogP contribution in [0.5, 0.6) is 0 Å². The molecular weight excluding hydrogens is 288 g/mol. The quantitative estimate of drug-likeness (QED) is 0.502. The van der Waals surface area contributed by atoms with E-state index in [1.807, 2.05) is 0 Å². The van der Waals surface area contributed by atoms with Crippen molar-refractivity contribution in [2.45, 2.75) is 53.4 Å². The Labute approximate surface area is 148 Å². The van der Waals surface area contributed by atoms with Gasteiger partial charge < -0.3 is 0 Å². The molecule has 0 aromatic heterocycles. The molecule has 0 fully saturated rings. The van der Waals surface area contributed by atoms with E-state index in [1.54, 1.807) is 0 Å². The van der Waals surface area contributed by atoms with Crippen LogP contribution >= 0.6 is 0 Å². The lowest BCUT2D eigenvalue weighted by Crippen LogP contribution is -1.83. The van der Waals surface area contributed by atoms with Crippen molar-refractivity contribution in [1.82, 2.24) is 0 Å². The number of aryl methyl sites for hydroxylation is 4. The monoisotopic (exact) mass is 320 g/mol. The van der Waals surface area contributed by atoms with Crippen molar-refractivity contribution < 1.29 is 0 Å². The van der Waals surface area contributed by atoms with Crippen LogP contribution in [0.15, 0.2) is 72.8 Å². The molecule has 0 atom stereocenters. The SMILES string of the molecule is CC=CCCc1ccc(C)cc1.CC=CCCc1cccc(C)c1. The van der Waals surface area contributed by atoms with E-state index in [2.05, 4.69) is 101 Å². The van der Waals surface area contributed by atoms with Crippen LogP contribution in [0.1, 0.15) is 48.9 Å². The van der Waals surface area contributed by atoms with Crippen LogP contribution in [0.4, 0.5) is 0 Å². The Bertz CT molecular complexity index is 615. The van der Waals surface area contributed by atoms with Crippen molar-refractivity contribution in [3.63, 3.8) is 0 Å². The topological polar surface area (TPSA) is 0 Å². The molecule has 0 saturated heterocycles. The van der Waals surface area contributed by atoms with Gasteiger partial charge >= 0.3 is 0 Å². The second-order valence-electron chi connectivity index (χ2n) is 6.19. The van der Waals surface area contributed by atoms with Gasteiger partial charge in [-0.1, -0.05) is 84.0 Å². The van der Waals surface area contributed by atoms with E-state index in [9.17, 15) is 0 Å². The van der Waals surface area contributed by atoms with Gasteiger partial charge in [-0.15, -0.1) is 0 Å². The van der Waals surface area contributed by atoms with Crippen LogP contribution in [-0.2, 0) is 12.8 Å². The van der Waals surface area contributed by atoms with Gasteiger partial charge in [-0.3, -0.25) is 0 Å². The number of allylic oxidation sites excluding steroid dienone is 4. The highest BCUT2D eigenvalue weighted by Crippen LogP contribution is 2.07. The largest absolute Gasteiger partial charge is 0.0917 e. The summed E-state index contributed by atoms with van der Waals surface area (Å²) in [5, 5.41) is 0. The standard InChI is InChI=1S/2C12H16/c1-3-4-5-8-12-9-6-7-11(2)10-12;1-3-4-5-6-12-9-7-11(2)8-10-12/h3-4,6-7,9-10H,5,8H2,1-2H3;3-4,7-10H,5-6H2,1-2H3. The van der Waals surface area contributed by atoms with Crippen LogP contribution in [0.2, 0.25) is 0 Å². The molecule has 0 saturated carbocycles. The second kappa shape index (κ2) is 12.4. The molecule has 2 aromatic rings. The van der Waals surface area contributed by atoms with Crippen molar-refractivity contribution in [3.8, 4) is 0 Å². The van der Waals surface area contributed by atoms with E-state index in [4.69, 9.17) is 0 Å². The highest BCUT2D eigenvalue weighted by molar-refractivity contribution is 5.22. The smallest absolute Gasteiger partial charge is 0.0244 e. The Morgan fingerprint density at radius 3 is 1.79 bits per heavy atom. The lowest BCUT2D eigenvalue weighted by atomic mass is 10.1. The van der Waals surface area contributed by atoms with E-state index >= 15 is 0 Å². The molecule has 0 N–H and O–H groups in total. The summed E-state index contributed by atoms with van der Waals surface area (Å²) in [5.41, 5.74) is 5.56. The Morgan fingerprint density at radius 1 is 0.667 bits per heavy atom. The first-order chi connectivity index (χ1) is 11.7. The number of rotatable bonds is 6. The first-order valence-corrected chi connectivity index (χ1v) is 8.99. The number of benzene rings is 2. The molecule has 0 unspecified atom stereocenters. The maximum Gasteiger partial charge on any atom is -0.0244 e. The highest BCUT2D eigenvalue weighted by Gasteiger charge is 1.90. The zero-order chi connectivity index (χ0) is 17.6. The van der Waals surface area contributed by atoms with Gasteiger partial charge in [0.25, 0.3) is 0 Å². The summed E-state index contributed by atoms with van der Waals surface area (Å²) in [6.07, 6.45) is 13.3. The number of hydrogen-bond acceptors (Lipinski definition) is 0. The van der Waals surface area contributed by atoms with Crippen molar-refractivity contribution in [3.05, 3.63) is 95.1 Å². The third-order valence-corrected chi connectivity index (χ3v) is 3.87. The molecule has 0 aliphatic rings. The Hall–Kier alpha value is -2.08. The molecular formula is C24H32. The average molecular weight is 321 g/mol. The molecule has 0 radical (unpaired) electrons. The van der Waals surface area contributed by atoms with Crippen LogP contribution < -0.4 is 0 Å². The average Bonchev–Trinajstić information content (AvgIpc) is 2.58. The van der Waals surface area contributed by atoms with Gasteiger partial charge in [0.05, 0.1) is 0 Å². The predicted molar refractivity (Wildman–Crippen MR) is 109 cm³/mol. The fraction of sp³-hybridized carbons (Fsp3) is 0.333. The maximum atomic E-state index is 2.25. The summed E-state index contributed by atoms with van der Waals surface area (Å²) in [6, 6.07) is 17.5. The van der Waals surface area contributed by atoms with Gasteiger partial charge in [-0.25, -0.2) is 0 Å². The van der Waals surface area contributed by atoms with Gasteiger partial charge in [-0.05, 0) is 64.5 Å². The first-order valence-electron chi connectivity index (χ1n) is 8.99. The van der Waals surface area contributed by atoms with Gasteiger partial charge in [0.2, 0.25) is 0 Å². The molecule has 0 heteroatoms. The summed E-state index contributed by atoms with van der Waals surface area (Å²) in [4.78, 5) is 0. The molecule has 0 nitrogen and oxygen atoms in total. The zero-order valence-corrected chi connectivity index (χ0v) is 15.8. The summed E-state index contributed by atoms with van der Waals surface area (Å²) >= 11 is 0. The normalized spacial score (nSPS) is 10.8. The van der Waals surface area contributed by atoms with E-state index in [0.29, 0.717) is 0 Å². The maximum absolute atomic E-state index is 2.25. The fourth-order valence-corrected chi connectivity index (χ4v) is 2.46. The molecule has 2 aromatic carbocycles. The van der Waals surface area contributed by atoms with E-state index in [-0.39, 0.29) is 0 Å². The number of hydrogen-bond donors (Lipinski definition) is 0. The molecule has 0 bridgehead atoms. The molecule has 24 heavy (non-hydrogen) atoms. The van der Waals surface area contributed by atoms with Crippen LogP contribution in [0.25, 0.3) is 0 Å². The fourth-order valence-electron chi connectivity index (χ4n) is 2.46. The van der Waals surface area contributed by atoms with Crippen molar-refractivity contribution >= 4 is 0 Å². The van der Waals surface area contributed by atoms with Crippen LogP contribution in [0.3, 0.4) is 0 Å². The van der Waals surface area contributed by atoms with Crippen LogP contribution in [0, 0.1) is 13.8 Å². The van der Waals surface area contributed by atoms with Gasteiger partial charge in [-0.2, -0.15) is 0 Å². The minimum Gasteiger partial charge on any atom is -0.0917 e. The van der Waals surface area contributed by atoms with Gasteiger partial charge in [0.1, 0.15) is 0 Å². The lowest BCUT2D eigenvalue weighted by Gasteiger charge is -1.98. The van der Waals surface area contributed by atoms with Crippen LogP contribution in [-0.4, -0.2) is 0 Å². The molecule has 0 aliphatic carbocycles. The molecule has 0 heterocycles. The van der Waals surface area contributed by atoms with E-state index in [0.717, 1.165) is 25.7 Å². The van der Waals surface area contributed by atoms with Gasteiger partial charge in [0.15, 0.2) is 0 Å². The highest BCUT2D eigenvalue weighted by atomic mass is 14.0. The summed E-state index contributed by atoms with van der Waals surface area (Å²) in [6.45, 7) is 8.39. The third-order valence-electron chi connectivity index (χ3n) is 3.87. The predicted octanol–water partition coefficient (Wildman–Crippen LogP) is 7.01. The molecule has 0 amide bonds.